The summed E-state index contributed by atoms with van der Waals surface area (Å²) in [5.74, 6) is 0. The highest BCUT2D eigenvalue weighted by molar-refractivity contribution is 5.33. The highest BCUT2D eigenvalue weighted by atomic mass is 16.5. The molecule has 1 unspecified atom stereocenters. The first-order chi connectivity index (χ1) is 9.30. The zero-order chi connectivity index (χ0) is 13.1. The summed E-state index contributed by atoms with van der Waals surface area (Å²) in [6.07, 6.45) is 3.75. The monoisotopic (exact) mass is 259 g/mol. The van der Waals surface area contributed by atoms with E-state index in [0.717, 1.165) is 17.8 Å². The van der Waals surface area contributed by atoms with Gasteiger partial charge in [0, 0.05) is 19.6 Å². The van der Waals surface area contributed by atoms with Gasteiger partial charge >= 0.3 is 0 Å². The molecule has 1 aromatic heterocycles. The molecule has 0 saturated carbocycles. The molecule has 1 aliphatic rings. The lowest BCUT2D eigenvalue weighted by Gasteiger charge is -2.26. The number of para-hydroxylation sites is 1. The molecule has 5 heteroatoms. The number of aliphatic hydroxyl groups is 1. The summed E-state index contributed by atoms with van der Waals surface area (Å²) in [5.41, 5.74) is 0.744. The molecular weight excluding hydrogens is 242 g/mol. The van der Waals surface area contributed by atoms with Gasteiger partial charge < -0.3 is 9.84 Å². The lowest BCUT2D eigenvalue weighted by molar-refractivity contribution is 0.00827. The van der Waals surface area contributed by atoms with Gasteiger partial charge in [0.2, 0.25) is 0 Å². The fourth-order valence-electron chi connectivity index (χ4n) is 2.50. The first-order valence-electron chi connectivity index (χ1n) is 6.56. The largest absolute Gasteiger partial charge is 0.383 e. The van der Waals surface area contributed by atoms with Gasteiger partial charge in [0.15, 0.2) is 0 Å². The Morgan fingerprint density at radius 2 is 2.00 bits per heavy atom. The summed E-state index contributed by atoms with van der Waals surface area (Å²) < 4.78 is 7.14. The van der Waals surface area contributed by atoms with Crippen LogP contribution in [0.5, 0.6) is 0 Å². The molecule has 0 radical (unpaired) electrons. The van der Waals surface area contributed by atoms with Crippen molar-refractivity contribution in [2.75, 3.05) is 13.2 Å². The smallest absolute Gasteiger partial charge is 0.111 e. The molecule has 1 fully saturated rings. The normalized spacial score (nSPS) is 24.1. The van der Waals surface area contributed by atoms with Gasteiger partial charge in [-0.2, -0.15) is 0 Å². The van der Waals surface area contributed by atoms with Gasteiger partial charge in [0.05, 0.1) is 17.6 Å². The minimum atomic E-state index is -0.907. The summed E-state index contributed by atoms with van der Waals surface area (Å²) in [4.78, 5) is 0. The molecule has 0 aliphatic carbocycles. The topological polar surface area (TPSA) is 60.2 Å². The Balaban J connectivity index is 1.99. The van der Waals surface area contributed by atoms with Crippen molar-refractivity contribution >= 4 is 0 Å². The van der Waals surface area contributed by atoms with Crippen molar-refractivity contribution in [3.05, 3.63) is 42.2 Å². The molecule has 1 N–H and O–H groups in total. The van der Waals surface area contributed by atoms with Crippen molar-refractivity contribution < 1.29 is 9.84 Å². The summed E-state index contributed by atoms with van der Waals surface area (Å²) in [7, 11) is 0. The van der Waals surface area contributed by atoms with E-state index >= 15 is 0 Å². The van der Waals surface area contributed by atoms with Gasteiger partial charge in [-0.1, -0.05) is 23.4 Å². The maximum Gasteiger partial charge on any atom is 0.111 e. The van der Waals surface area contributed by atoms with E-state index < -0.39 is 5.60 Å². The molecule has 1 aromatic carbocycles. The number of ether oxygens (including phenoxy) is 1. The number of hydrogen-bond donors (Lipinski definition) is 1. The lowest BCUT2D eigenvalue weighted by Crippen LogP contribution is -2.29. The van der Waals surface area contributed by atoms with Crippen molar-refractivity contribution in [2.45, 2.75) is 24.9 Å². The maximum atomic E-state index is 10.9. The predicted molar refractivity (Wildman–Crippen MR) is 69.9 cm³/mol. The fraction of sp³-hybridized carbons (Fsp3) is 0.429. The number of rotatable bonds is 2. The summed E-state index contributed by atoms with van der Waals surface area (Å²) in [6, 6.07) is 9.75. The fourth-order valence-corrected chi connectivity index (χ4v) is 2.50. The van der Waals surface area contributed by atoms with Crippen molar-refractivity contribution in [1.82, 2.24) is 15.0 Å². The maximum absolute atomic E-state index is 10.9. The van der Waals surface area contributed by atoms with Crippen molar-refractivity contribution in [1.29, 1.82) is 0 Å². The van der Waals surface area contributed by atoms with E-state index in [9.17, 15) is 5.11 Å². The molecular formula is C14H17N3O2. The van der Waals surface area contributed by atoms with E-state index in [1.807, 2.05) is 30.3 Å². The van der Waals surface area contributed by atoms with Gasteiger partial charge in [0.25, 0.3) is 0 Å². The Hall–Kier alpha value is -1.72. The molecule has 3 rings (SSSR count). The van der Waals surface area contributed by atoms with E-state index in [1.54, 1.807) is 10.9 Å². The Labute approximate surface area is 111 Å². The third kappa shape index (κ3) is 2.39. The van der Waals surface area contributed by atoms with Crippen LogP contribution in [-0.4, -0.2) is 33.3 Å². The minimum absolute atomic E-state index is 0.566. The highest BCUT2D eigenvalue weighted by Gasteiger charge is 2.34. The zero-order valence-corrected chi connectivity index (χ0v) is 10.7. The van der Waals surface area contributed by atoms with E-state index in [2.05, 4.69) is 10.3 Å². The van der Waals surface area contributed by atoms with Crippen molar-refractivity contribution in [3.8, 4) is 5.69 Å². The summed E-state index contributed by atoms with van der Waals surface area (Å²) in [6.45, 7) is 1.27. The van der Waals surface area contributed by atoms with Gasteiger partial charge in [0.1, 0.15) is 5.60 Å². The molecule has 19 heavy (non-hydrogen) atoms. The van der Waals surface area contributed by atoms with Gasteiger partial charge in [-0.05, 0) is 25.0 Å². The minimum Gasteiger partial charge on any atom is -0.383 e. The Bertz CT molecular complexity index is 531. The molecule has 5 nitrogen and oxygen atoms in total. The second kappa shape index (κ2) is 5.11. The lowest BCUT2D eigenvalue weighted by atomic mass is 9.91. The Kier molecular flexibility index (Phi) is 3.31. The van der Waals surface area contributed by atoms with Crippen LogP contribution in [0, 0.1) is 0 Å². The molecule has 1 atom stereocenters. The zero-order valence-electron chi connectivity index (χ0n) is 10.7. The molecule has 1 saturated heterocycles. The predicted octanol–water partition coefficient (Wildman–Crippen LogP) is 1.66. The third-order valence-corrected chi connectivity index (χ3v) is 3.57. The number of hydrogen-bond acceptors (Lipinski definition) is 4. The van der Waals surface area contributed by atoms with Gasteiger partial charge in [-0.15, -0.1) is 5.10 Å². The molecule has 2 heterocycles. The molecule has 0 amide bonds. The van der Waals surface area contributed by atoms with Crippen LogP contribution in [0.25, 0.3) is 5.69 Å². The number of nitrogens with zero attached hydrogens (tertiary/aromatic N) is 3. The van der Waals surface area contributed by atoms with Crippen LogP contribution >= 0.6 is 0 Å². The van der Waals surface area contributed by atoms with Gasteiger partial charge in [-0.3, -0.25) is 0 Å². The molecule has 100 valence electrons. The number of aromatic nitrogens is 3. The standard InChI is InChI=1S/C14H17N3O2/c18-14(7-4-9-19-10-8-14)13-11-15-16-17(13)12-5-2-1-3-6-12/h1-3,5-6,11,18H,4,7-10H2. The first kappa shape index (κ1) is 12.3. The van der Waals surface area contributed by atoms with Crippen LogP contribution < -0.4 is 0 Å². The Morgan fingerprint density at radius 1 is 1.16 bits per heavy atom. The average molecular weight is 259 g/mol. The van der Waals surface area contributed by atoms with E-state index in [-0.39, 0.29) is 0 Å². The molecule has 1 aliphatic heterocycles. The van der Waals surface area contributed by atoms with Crippen LogP contribution in [0.3, 0.4) is 0 Å². The van der Waals surface area contributed by atoms with Crippen LogP contribution in [0.4, 0.5) is 0 Å². The quantitative estimate of drug-likeness (QED) is 0.891. The summed E-state index contributed by atoms with van der Waals surface area (Å²) in [5, 5.41) is 18.9. The van der Waals surface area contributed by atoms with Crippen LogP contribution in [0.1, 0.15) is 25.0 Å². The Morgan fingerprint density at radius 3 is 2.84 bits per heavy atom. The summed E-state index contributed by atoms with van der Waals surface area (Å²) >= 11 is 0. The molecule has 0 spiro atoms. The first-order valence-corrected chi connectivity index (χ1v) is 6.56. The van der Waals surface area contributed by atoms with E-state index in [1.165, 1.54) is 0 Å². The molecule has 0 bridgehead atoms. The van der Waals surface area contributed by atoms with E-state index in [0.29, 0.717) is 26.1 Å². The second-order valence-corrected chi connectivity index (χ2v) is 4.86. The average Bonchev–Trinajstić information content (AvgIpc) is 2.84. The van der Waals surface area contributed by atoms with Crippen LogP contribution in [0.15, 0.2) is 36.5 Å². The number of benzene rings is 1. The van der Waals surface area contributed by atoms with E-state index in [4.69, 9.17) is 4.74 Å². The van der Waals surface area contributed by atoms with Gasteiger partial charge in [-0.25, -0.2) is 4.68 Å². The van der Waals surface area contributed by atoms with Crippen molar-refractivity contribution in [2.24, 2.45) is 0 Å². The SMILES string of the molecule is OC1(c2cnnn2-c2ccccc2)CCCOCC1. The highest BCUT2D eigenvalue weighted by Crippen LogP contribution is 2.32. The molecule has 2 aromatic rings. The van der Waals surface area contributed by atoms with Crippen LogP contribution in [-0.2, 0) is 10.3 Å². The third-order valence-electron chi connectivity index (χ3n) is 3.57. The van der Waals surface area contributed by atoms with Crippen LogP contribution in [0.2, 0.25) is 0 Å². The van der Waals surface area contributed by atoms with Crippen molar-refractivity contribution in [3.63, 3.8) is 0 Å². The second-order valence-electron chi connectivity index (χ2n) is 4.86.